The zero-order chi connectivity index (χ0) is 20.3. The van der Waals surface area contributed by atoms with E-state index in [0.29, 0.717) is 19.4 Å². The van der Waals surface area contributed by atoms with Gasteiger partial charge in [0.15, 0.2) is 0 Å². The van der Waals surface area contributed by atoms with Crippen molar-refractivity contribution in [3.05, 3.63) is 47.7 Å². The molecule has 0 N–H and O–H groups in total. The van der Waals surface area contributed by atoms with Crippen LogP contribution in [0.25, 0.3) is 0 Å². The zero-order valence-electron chi connectivity index (χ0n) is 14.9. The van der Waals surface area contributed by atoms with Crippen molar-refractivity contribution in [3.8, 4) is 11.6 Å². The number of hydrogen-bond donors (Lipinski definition) is 0. The maximum absolute atomic E-state index is 14.2. The molecule has 0 aliphatic carbocycles. The lowest BCUT2D eigenvalue weighted by molar-refractivity contribution is -0.274. The van der Waals surface area contributed by atoms with Gasteiger partial charge < -0.3 is 14.4 Å². The smallest absolute Gasteiger partial charge is 0.470 e. The van der Waals surface area contributed by atoms with E-state index in [4.69, 9.17) is 4.74 Å². The van der Waals surface area contributed by atoms with Crippen LogP contribution in [-0.4, -0.2) is 46.3 Å². The minimum Gasteiger partial charge on any atom is -0.470 e. The number of aromatic nitrogens is 2. The number of likely N-dealkylation sites (tertiary alicyclic amines) is 1. The third-order valence-corrected chi connectivity index (χ3v) is 4.19. The predicted octanol–water partition coefficient (Wildman–Crippen LogP) is 3.37. The second kappa shape index (κ2) is 7.99. The molecule has 2 heterocycles. The topological polar surface area (TPSA) is 64.6 Å². The molecule has 0 saturated carbocycles. The zero-order valence-corrected chi connectivity index (χ0v) is 14.9. The van der Waals surface area contributed by atoms with Gasteiger partial charge in [-0.05, 0) is 24.6 Å². The van der Waals surface area contributed by atoms with Gasteiger partial charge in [0.25, 0.3) is 11.8 Å². The van der Waals surface area contributed by atoms with E-state index in [0.717, 1.165) is 12.1 Å². The van der Waals surface area contributed by atoms with Gasteiger partial charge in [-0.3, -0.25) is 4.79 Å². The Bertz CT molecular complexity index is 860. The van der Waals surface area contributed by atoms with Crippen LogP contribution in [0.15, 0.2) is 30.6 Å². The van der Waals surface area contributed by atoms with Gasteiger partial charge in [-0.1, -0.05) is 13.0 Å². The van der Waals surface area contributed by atoms with E-state index in [1.54, 1.807) is 6.92 Å². The summed E-state index contributed by atoms with van der Waals surface area (Å²) in [7, 11) is 0. The minimum atomic E-state index is -4.84. The van der Waals surface area contributed by atoms with Gasteiger partial charge in [0.1, 0.15) is 18.2 Å². The van der Waals surface area contributed by atoms with Gasteiger partial charge in [0.2, 0.25) is 5.82 Å². The molecular formula is C18H17F4N3O3. The lowest BCUT2D eigenvalue weighted by Gasteiger charge is -2.18. The number of aryl methyl sites for hydroxylation is 1. The van der Waals surface area contributed by atoms with Crippen molar-refractivity contribution in [3.63, 3.8) is 0 Å². The fourth-order valence-electron chi connectivity index (χ4n) is 2.89. The Hall–Kier alpha value is -2.91. The second-order valence-electron chi connectivity index (χ2n) is 6.15. The number of carbonyl (C=O) groups is 1. The lowest BCUT2D eigenvalue weighted by atomic mass is 10.2. The molecule has 1 saturated heterocycles. The third-order valence-electron chi connectivity index (χ3n) is 4.19. The summed E-state index contributed by atoms with van der Waals surface area (Å²) in [6, 6.07) is 4.85. The molecule has 6 nitrogen and oxygen atoms in total. The first-order valence-corrected chi connectivity index (χ1v) is 8.58. The summed E-state index contributed by atoms with van der Waals surface area (Å²) in [4.78, 5) is 21.6. The van der Waals surface area contributed by atoms with Crippen LogP contribution in [0.1, 0.15) is 29.4 Å². The van der Waals surface area contributed by atoms with Crippen molar-refractivity contribution in [2.45, 2.75) is 32.2 Å². The van der Waals surface area contributed by atoms with Gasteiger partial charge in [-0.2, -0.15) is 9.37 Å². The standard InChI is InChI=1S/C18H17F4N3O3/c1-2-14-15(19)16(24-10-23-14)27-13-6-7-25(9-13)17(26)11-4-3-5-12(8-11)28-18(20,21)22/h3-5,8,10,13H,2,6-7,9H2,1H3. The van der Waals surface area contributed by atoms with Crippen molar-refractivity contribution < 1.29 is 31.8 Å². The SMILES string of the molecule is CCc1ncnc(OC2CCN(C(=O)c3cccc(OC(F)(F)F)c3)C2)c1F. The van der Waals surface area contributed by atoms with E-state index in [1.807, 2.05) is 0 Å². The van der Waals surface area contributed by atoms with Crippen LogP contribution >= 0.6 is 0 Å². The van der Waals surface area contributed by atoms with E-state index in [1.165, 1.54) is 23.4 Å². The molecule has 1 aliphatic heterocycles. The van der Waals surface area contributed by atoms with Crippen LogP contribution in [0, 0.1) is 5.82 Å². The Kier molecular flexibility index (Phi) is 5.66. The van der Waals surface area contributed by atoms with E-state index in [2.05, 4.69) is 14.7 Å². The average molecular weight is 399 g/mol. The maximum Gasteiger partial charge on any atom is 0.573 e. The Morgan fingerprint density at radius 1 is 1.32 bits per heavy atom. The Morgan fingerprint density at radius 2 is 2.11 bits per heavy atom. The fourth-order valence-corrected chi connectivity index (χ4v) is 2.89. The number of nitrogens with zero attached hydrogens (tertiary/aromatic N) is 3. The molecule has 0 radical (unpaired) electrons. The molecule has 1 atom stereocenters. The Morgan fingerprint density at radius 3 is 2.82 bits per heavy atom. The number of benzene rings is 1. The number of alkyl halides is 3. The molecular weight excluding hydrogens is 382 g/mol. The van der Waals surface area contributed by atoms with Crippen molar-refractivity contribution in [1.82, 2.24) is 14.9 Å². The summed E-state index contributed by atoms with van der Waals surface area (Å²) < 4.78 is 60.6. The lowest BCUT2D eigenvalue weighted by Crippen LogP contribution is -2.31. The monoisotopic (exact) mass is 399 g/mol. The fraction of sp³-hybridized carbons (Fsp3) is 0.389. The first kappa shape index (κ1) is 19.8. The van der Waals surface area contributed by atoms with E-state index in [9.17, 15) is 22.4 Å². The molecule has 0 bridgehead atoms. The molecule has 28 heavy (non-hydrogen) atoms. The molecule has 1 aliphatic rings. The summed E-state index contributed by atoms with van der Waals surface area (Å²) >= 11 is 0. The highest BCUT2D eigenvalue weighted by atomic mass is 19.4. The minimum absolute atomic E-state index is 0.0592. The number of hydrogen-bond acceptors (Lipinski definition) is 5. The summed E-state index contributed by atoms with van der Waals surface area (Å²) in [5.74, 6) is -1.74. The van der Waals surface area contributed by atoms with Crippen LogP contribution in [0.2, 0.25) is 0 Å². The highest BCUT2D eigenvalue weighted by molar-refractivity contribution is 5.94. The molecule has 1 unspecified atom stereocenters. The molecule has 3 rings (SSSR count). The number of amides is 1. The number of rotatable bonds is 5. The predicted molar refractivity (Wildman–Crippen MR) is 89.4 cm³/mol. The number of ether oxygens (including phenoxy) is 2. The summed E-state index contributed by atoms with van der Waals surface area (Å²) in [6.45, 7) is 2.23. The molecule has 10 heteroatoms. The quantitative estimate of drug-likeness (QED) is 0.722. The third kappa shape index (κ3) is 4.68. The molecule has 1 fully saturated rings. The van der Waals surface area contributed by atoms with Gasteiger partial charge in [-0.15, -0.1) is 13.2 Å². The van der Waals surface area contributed by atoms with E-state index < -0.39 is 29.9 Å². The van der Waals surface area contributed by atoms with E-state index in [-0.39, 0.29) is 23.7 Å². The van der Waals surface area contributed by atoms with Gasteiger partial charge >= 0.3 is 6.36 Å². The summed E-state index contributed by atoms with van der Waals surface area (Å²) in [5, 5.41) is 0. The van der Waals surface area contributed by atoms with Gasteiger partial charge in [0.05, 0.1) is 12.2 Å². The summed E-state index contributed by atoms with van der Waals surface area (Å²) in [6.07, 6.45) is -3.28. The van der Waals surface area contributed by atoms with Gasteiger partial charge in [-0.25, -0.2) is 4.98 Å². The van der Waals surface area contributed by atoms with Gasteiger partial charge in [0, 0.05) is 18.5 Å². The van der Waals surface area contributed by atoms with Crippen LogP contribution in [0.3, 0.4) is 0 Å². The normalized spacial score (nSPS) is 16.9. The Balaban J connectivity index is 1.65. The summed E-state index contributed by atoms with van der Waals surface area (Å²) in [5.41, 5.74) is 0.293. The average Bonchev–Trinajstić information content (AvgIpc) is 3.10. The molecule has 1 aromatic heterocycles. The largest absolute Gasteiger partial charge is 0.573 e. The second-order valence-corrected chi connectivity index (χ2v) is 6.15. The van der Waals surface area contributed by atoms with Crippen molar-refractivity contribution in [2.24, 2.45) is 0 Å². The number of carbonyl (C=O) groups excluding carboxylic acids is 1. The van der Waals surface area contributed by atoms with Crippen LogP contribution in [0.5, 0.6) is 11.6 Å². The highest BCUT2D eigenvalue weighted by Gasteiger charge is 2.32. The maximum atomic E-state index is 14.2. The molecule has 150 valence electrons. The van der Waals surface area contributed by atoms with Crippen molar-refractivity contribution >= 4 is 5.91 Å². The Labute approximate surface area is 158 Å². The number of halogens is 4. The highest BCUT2D eigenvalue weighted by Crippen LogP contribution is 2.25. The first-order valence-electron chi connectivity index (χ1n) is 8.58. The van der Waals surface area contributed by atoms with E-state index >= 15 is 0 Å². The van der Waals surface area contributed by atoms with Crippen molar-refractivity contribution in [2.75, 3.05) is 13.1 Å². The van der Waals surface area contributed by atoms with Crippen LogP contribution in [0.4, 0.5) is 17.6 Å². The van der Waals surface area contributed by atoms with Crippen LogP contribution in [-0.2, 0) is 6.42 Å². The molecule has 1 aromatic carbocycles. The first-order chi connectivity index (χ1) is 13.3. The molecule has 2 aromatic rings. The molecule has 0 spiro atoms. The van der Waals surface area contributed by atoms with Crippen LogP contribution < -0.4 is 9.47 Å². The molecule has 1 amide bonds. The van der Waals surface area contributed by atoms with Crippen molar-refractivity contribution in [1.29, 1.82) is 0 Å².